The van der Waals surface area contributed by atoms with Crippen molar-refractivity contribution in [2.75, 3.05) is 7.11 Å². The maximum absolute atomic E-state index is 11.6. The van der Waals surface area contributed by atoms with Crippen molar-refractivity contribution in [3.05, 3.63) is 35.9 Å². The molecular weight excluding hydrogens is 274 g/mol. The van der Waals surface area contributed by atoms with E-state index >= 15 is 0 Å². The topological polar surface area (TPSA) is 92.7 Å². The van der Waals surface area contributed by atoms with Gasteiger partial charge >= 0.3 is 11.9 Å². The first-order valence-corrected chi connectivity index (χ1v) is 6.20. The third kappa shape index (κ3) is 6.25. The SMILES string of the molecule is COC(=O)CC[C@@H](NC(=O)C#Cc1ccccc1)C(=O)O. The highest BCUT2D eigenvalue weighted by molar-refractivity contribution is 5.96. The first kappa shape index (κ1) is 16.2. The van der Waals surface area contributed by atoms with Crippen LogP contribution in [0.15, 0.2) is 30.3 Å². The van der Waals surface area contributed by atoms with Gasteiger partial charge in [0.2, 0.25) is 0 Å². The third-order valence-corrected chi connectivity index (χ3v) is 2.56. The lowest BCUT2D eigenvalue weighted by atomic mass is 10.1. The predicted octanol–water partition coefficient (Wildman–Crippen LogP) is 0.561. The molecule has 2 N–H and O–H groups in total. The molecule has 110 valence electrons. The number of aliphatic carboxylic acids is 1. The van der Waals surface area contributed by atoms with Gasteiger partial charge < -0.3 is 15.2 Å². The minimum atomic E-state index is -1.23. The van der Waals surface area contributed by atoms with Gasteiger partial charge in [-0.05, 0) is 18.6 Å². The van der Waals surface area contributed by atoms with Crippen molar-refractivity contribution in [3.8, 4) is 11.8 Å². The Hall–Kier alpha value is -2.81. The molecular formula is C15H15NO5. The molecule has 0 spiro atoms. The summed E-state index contributed by atoms with van der Waals surface area (Å²) >= 11 is 0. The van der Waals surface area contributed by atoms with Crippen molar-refractivity contribution >= 4 is 17.8 Å². The largest absolute Gasteiger partial charge is 0.480 e. The van der Waals surface area contributed by atoms with Crippen LogP contribution in [0.1, 0.15) is 18.4 Å². The molecule has 0 aliphatic carbocycles. The lowest BCUT2D eigenvalue weighted by molar-refractivity contribution is -0.143. The molecule has 0 saturated heterocycles. The van der Waals surface area contributed by atoms with Crippen molar-refractivity contribution < 1.29 is 24.2 Å². The van der Waals surface area contributed by atoms with E-state index in [1.165, 1.54) is 7.11 Å². The molecule has 0 radical (unpaired) electrons. The molecule has 0 aliphatic rings. The van der Waals surface area contributed by atoms with Crippen molar-refractivity contribution in [1.82, 2.24) is 5.32 Å². The van der Waals surface area contributed by atoms with Gasteiger partial charge in [-0.3, -0.25) is 9.59 Å². The molecule has 0 unspecified atom stereocenters. The molecule has 0 aliphatic heterocycles. The molecule has 1 aromatic rings. The molecule has 6 heteroatoms. The fourth-order valence-electron chi connectivity index (χ4n) is 1.47. The van der Waals surface area contributed by atoms with Gasteiger partial charge in [-0.25, -0.2) is 4.79 Å². The second-order valence-electron chi connectivity index (χ2n) is 4.10. The number of carbonyl (C=O) groups is 3. The van der Waals surface area contributed by atoms with Crippen molar-refractivity contribution in [2.45, 2.75) is 18.9 Å². The number of methoxy groups -OCH3 is 1. The monoisotopic (exact) mass is 289 g/mol. The van der Waals surface area contributed by atoms with Crippen LogP contribution in [-0.4, -0.2) is 36.1 Å². The fraction of sp³-hybridized carbons (Fsp3) is 0.267. The minimum Gasteiger partial charge on any atom is -0.480 e. The van der Waals surface area contributed by atoms with Gasteiger partial charge in [0.1, 0.15) is 6.04 Å². The lowest BCUT2D eigenvalue weighted by Gasteiger charge is -2.11. The molecule has 1 rings (SSSR count). The molecule has 0 heterocycles. The fourth-order valence-corrected chi connectivity index (χ4v) is 1.47. The number of amides is 1. The van der Waals surface area contributed by atoms with Crippen molar-refractivity contribution in [3.63, 3.8) is 0 Å². The lowest BCUT2D eigenvalue weighted by Crippen LogP contribution is -2.40. The van der Waals surface area contributed by atoms with Gasteiger partial charge in [-0.2, -0.15) is 0 Å². The molecule has 0 fully saturated rings. The van der Waals surface area contributed by atoms with Gasteiger partial charge in [-0.15, -0.1) is 0 Å². The first-order valence-electron chi connectivity index (χ1n) is 6.20. The summed E-state index contributed by atoms with van der Waals surface area (Å²) in [5.74, 6) is 2.45. The number of hydrogen-bond acceptors (Lipinski definition) is 4. The maximum atomic E-state index is 11.6. The number of carboxylic acids is 1. The summed E-state index contributed by atoms with van der Waals surface area (Å²) in [5.41, 5.74) is 0.647. The van der Waals surface area contributed by atoms with E-state index in [0.717, 1.165) is 0 Å². The van der Waals surface area contributed by atoms with Crippen LogP contribution < -0.4 is 5.32 Å². The number of nitrogens with one attached hydrogen (secondary N) is 1. The Bertz CT molecular complexity index is 571. The Kier molecular flexibility index (Phi) is 6.48. The van der Waals surface area contributed by atoms with E-state index in [1.54, 1.807) is 24.3 Å². The zero-order chi connectivity index (χ0) is 15.7. The van der Waals surface area contributed by atoms with E-state index in [-0.39, 0.29) is 12.8 Å². The summed E-state index contributed by atoms with van der Waals surface area (Å²) in [6, 6.07) is 7.65. The minimum absolute atomic E-state index is 0.0548. The van der Waals surface area contributed by atoms with Crippen LogP contribution in [0.4, 0.5) is 0 Å². The Morgan fingerprint density at radius 2 is 1.95 bits per heavy atom. The van der Waals surface area contributed by atoms with Crippen LogP contribution in [0.2, 0.25) is 0 Å². The quantitative estimate of drug-likeness (QED) is 0.610. The number of carbonyl (C=O) groups excluding carboxylic acids is 2. The van der Waals surface area contributed by atoms with Crippen molar-refractivity contribution in [1.29, 1.82) is 0 Å². The maximum Gasteiger partial charge on any atom is 0.326 e. The molecule has 1 atom stereocenters. The van der Waals surface area contributed by atoms with Gasteiger partial charge in [0.05, 0.1) is 7.11 Å². The summed E-state index contributed by atoms with van der Waals surface area (Å²) in [5, 5.41) is 11.2. The van der Waals surface area contributed by atoms with Gasteiger partial charge in [0, 0.05) is 17.9 Å². The Morgan fingerprint density at radius 3 is 2.52 bits per heavy atom. The number of carboxylic acid groups (broad SMARTS) is 1. The van der Waals surface area contributed by atoms with Gasteiger partial charge in [0.25, 0.3) is 5.91 Å². The summed E-state index contributed by atoms with van der Waals surface area (Å²) < 4.78 is 4.42. The molecule has 0 bridgehead atoms. The van der Waals surface area contributed by atoms with Crippen LogP contribution in [0.5, 0.6) is 0 Å². The van der Waals surface area contributed by atoms with Crippen LogP contribution in [-0.2, 0) is 19.1 Å². The van der Waals surface area contributed by atoms with Crippen molar-refractivity contribution in [2.24, 2.45) is 0 Å². The summed E-state index contributed by atoms with van der Waals surface area (Å²) in [6.07, 6.45) is -0.152. The highest BCUT2D eigenvalue weighted by Crippen LogP contribution is 2.00. The third-order valence-electron chi connectivity index (χ3n) is 2.56. The highest BCUT2D eigenvalue weighted by atomic mass is 16.5. The number of hydrogen-bond donors (Lipinski definition) is 2. The Morgan fingerprint density at radius 1 is 1.29 bits per heavy atom. The molecule has 0 saturated carbocycles. The van der Waals surface area contributed by atoms with E-state index < -0.39 is 23.9 Å². The van der Waals surface area contributed by atoms with E-state index in [2.05, 4.69) is 21.9 Å². The van der Waals surface area contributed by atoms with E-state index in [9.17, 15) is 14.4 Å². The first-order chi connectivity index (χ1) is 10.0. The zero-order valence-corrected chi connectivity index (χ0v) is 11.5. The number of ether oxygens (including phenoxy) is 1. The van der Waals surface area contributed by atoms with E-state index in [0.29, 0.717) is 5.56 Å². The average molecular weight is 289 g/mol. The smallest absolute Gasteiger partial charge is 0.326 e. The second kappa shape index (κ2) is 8.38. The number of esters is 1. The van der Waals surface area contributed by atoms with E-state index in [1.807, 2.05) is 6.07 Å². The normalized spacial score (nSPS) is 10.7. The van der Waals surface area contributed by atoms with Crippen LogP contribution in [0.3, 0.4) is 0 Å². The zero-order valence-electron chi connectivity index (χ0n) is 11.5. The van der Waals surface area contributed by atoms with Crippen LogP contribution in [0.25, 0.3) is 0 Å². The Labute approximate surface area is 122 Å². The van der Waals surface area contributed by atoms with Gasteiger partial charge in [0.15, 0.2) is 0 Å². The molecule has 1 amide bonds. The second-order valence-corrected chi connectivity index (χ2v) is 4.10. The highest BCUT2D eigenvalue weighted by Gasteiger charge is 2.20. The van der Waals surface area contributed by atoms with Crippen LogP contribution in [0, 0.1) is 11.8 Å². The molecule has 6 nitrogen and oxygen atoms in total. The van der Waals surface area contributed by atoms with Crippen LogP contribution >= 0.6 is 0 Å². The predicted molar refractivity (Wildman–Crippen MR) is 74.1 cm³/mol. The Balaban J connectivity index is 2.59. The molecule has 21 heavy (non-hydrogen) atoms. The molecule has 1 aromatic carbocycles. The van der Waals surface area contributed by atoms with E-state index in [4.69, 9.17) is 5.11 Å². The van der Waals surface area contributed by atoms with Gasteiger partial charge in [-0.1, -0.05) is 24.1 Å². The summed E-state index contributed by atoms with van der Waals surface area (Å²) in [4.78, 5) is 33.6. The number of rotatable bonds is 5. The number of benzene rings is 1. The standard InChI is InChI=1S/C15H15NO5/c1-21-14(18)10-8-12(15(19)20)16-13(17)9-7-11-5-3-2-4-6-11/h2-6,12H,8,10H2,1H3,(H,16,17)(H,19,20)/t12-/m1/s1. The summed E-state index contributed by atoms with van der Waals surface area (Å²) in [6.45, 7) is 0. The average Bonchev–Trinajstić information content (AvgIpc) is 2.49. The molecule has 0 aromatic heterocycles. The summed E-state index contributed by atoms with van der Waals surface area (Å²) in [7, 11) is 1.21.